The van der Waals surface area contributed by atoms with Gasteiger partial charge in [-0.3, -0.25) is 0 Å². The van der Waals surface area contributed by atoms with E-state index in [0.29, 0.717) is 11.8 Å². The fourth-order valence-electron chi connectivity index (χ4n) is 1.25. The molecule has 0 aromatic carbocycles. The molecule has 0 saturated heterocycles. The minimum absolute atomic E-state index is 0.288. The molecule has 0 aliphatic carbocycles. The Balaban J connectivity index is 2.41. The van der Waals surface area contributed by atoms with Gasteiger partial charge in [0.1, 0.15) is 5.15 Å². The molecule has 1 rings (SSSR count). The first kappa shape index (κ1) is 11.5. The smallest absolute Gasteiger partial charge is 0.134 e. The number of rotatable bonds is 5. The Morgan fingerprint density at radius 1 is 1.57 bits per heavy atom. The van der Waals surface area contributed by atoms with Crippen molar-refractivity contribution in [1.29, 1.82) is 0 Å². The quantitative estimate of drug-likeness (QED) is 0.699. The maximum absolute atomic E-state index is 5.89. The summed E-state index contributed by atoms with van der Waals surface area (Å²) in [5.41, 5.74) is 0.956. The Bertz CT molecular complexity index is 278. The van der Waals surface area contributed by atoms with E-state index in [4.69, 9.17) is 16.3 Å². The highest BCUT2D eigenvalue weighted by Crippen LogP contribution is 2.14. The second-order valence-corrected chi connectivity index (χ2v) is 3.72. The van der Waals surface area contributed by atoms with Gasteiger partial charge in [0.05, 0.1) is 12.7 Å². The number of hydrogen-bond acceptors (Lipinski definition) is 2. The van der Waals surface area contributed by atoms with Gasteiger partial charge >= 0.3 is 0 Å². The molecule has 78 valence electrons. The van der Waals surface area contributed by atoms with Crippen LogP contribution in [0.3, 0.4) is 0 Å². The zero-order valence-electron chi connectivity index (χ0n) is 8.66. The molecule has 0 saturated carbocycles. The van der Waals surface area contributed by atoms with Crippen molar-refractivity contribution < 1.29 is 4.74 Å². The number of pyridine rings is 1. The number of halogens is 1. The molecule has 3 heteroatoms. The first-order chi connectivity index (χ1) is 6.74. The molecule has 0 amide bonds. The summed E-state index contributed by atoms with van der Waals surface area (Å²) in [6, 6.07) is 3.81. The summed E-state index contributed by atoms with van der Waals surface area (Å²) in [7, 11) is 0. The summed E-state index contributed by atoms with van der Waals surface area (Å²) in [6.07, 6.45) is 4.19. The zero-order valence-corrected chi connectivity index (χ0v) is 9.42. The topological polar surface area (TPSA) is 22.1 Å². The largest absolute Gasteiger partial charge is 0.374 e. The average molecular weight is 214 g/mol. The van der Waals surface area contributed by atoms with Gasteiger partial charge in [-0.2, -0.15) is 0 Å². The first-order valence-electron chi connectivity index (χ1n) is 4.95. The molecular formula is C11H16ClNO. The summed E-state index contributed by atoms with van der Waals surface area (Å²) in [6.45, 7) is 4.78. The monoisotopic (exact) mass is 213 g/mol. The molecule has 0 spiro atoms. The Kier molecular flexibility index (Phi) is 4.91. The molecular weight excluding hydrogens is 198 g/mol. The van der Waals surface area contributed by atoms with E-state index in [1.54, 1.807) is 6.20 Å². The standard InChI is InChI=1S/C11H16ClNO/c1-3-5-9(2)14-8-10-6-4-7-13-11(10)12/h4,6-7,9H,3,5,8H2,1-2H3. The third kappa shape index (κ3) is 3.64. The molecule has 2 nitrogen and oxygen atoms in total. The Labute approximate surface area is 90.3 Å². The summed E-state index contributed by atoms with van der Waals surface area (Å²) in [4.78, 5) is 3.99. The van der Waals surface area contributed by atoms with Crippen LogP contribution in [0.4, 0.5) is 0 Å². The van der Waals surface area contributed by atoms with Crippen molar-refractivity contribution >= 4 is 11.6 Å². The van der Waals surface area contributed by atoms with Crippen LogP contribution in [0.5, 0.6) is 0 Å². The van der Waals surface area contributed by atoms with E-state index < -0.39 is 0 Å². The highest BCUT2D eigenvalue weighted by atomic mass is 35.5. The van der Waals surface area contributed by atoms with E-state index in [2.05, 4.69) is 18.8 Å². The molecule has 1 unspecified atom stereocenters. The third-order valence-corrected chi connectivity index (χ3v) is 2.40. The molecule has 1 aromatic rings. The Morgan fingerprint density at radius 3 is 3.00 bits per heavy atom. The lowest BCUT2D eigenvalue weighted by Crippen LogP contribution is -2.07. The van der Waals surface area contributed by atoms with Crippen LogP contribution in [0.15, 0.2) is 18.3 Å². The van der Waals surface area contributed by atoms with Crippen LogP contribution in [0, 0.1) is 0 Å². The highest BCUT2D eigenvalue weighted by molar-refractivity contribution is 6.30. The average Bonchev–Trinajstić information content (AvgIpc) is 2.17. The van der Waals surface area contributed by atoms with Crippen LogP contribution in [0.1, 0.15) is 32.3 Å². The van der Waals surface area contributed by atoms with Gasteiger partial charge in [0, 0.05) is 11.8 Å². The lowest BCUT2D eigenvalue weighted by molar-refractivity contribution is 0.0471. The number of hydrogen-bond donors (Lipinski definition) is 0. The maximum atomic E-state index is 5.89. The molecule has 0 aliphatic heterocycles. The molecule has 0 aliphatic rings. The van der Waals surface area contributed by atoms with E-state index in [9.17, 15) is 0 Å². The van der Waals surface area contributed by atoms with Crippen molar-refractivity contribution in [3.63, 3.8) is 0 Å². The normalized spacial score (nSPS) is 12.8. The predicted octanol–water partition coefficient (Wildman–Crippen LogP) is 3.44. The van der Waals surface area contributed by atoms with E-state index >= 15 is 0 Å². The minimum Gasteiger partial charge on any atom is -0.374 e. The van der Waals surface area contributed by atoms with Crippen molar-refractivity contribution in [3.05, 3.63) is 29.0 Å². The molecule has 1 aromatic heterocycles. The van der Waals surface area contributed by atoms with Gasteiger partial charge in [-0.1, -0.05) is 31.0 Å². The van der Waals surface area contributed by atoms with Gasteiger partial charge in [0.25, 0.3) is 0 Å². The SMILES string of the molecule is CCCC(C)OCc1cccnc1Cl. The lowest BCUT2D eigenvalue weighted by atomic mass is 10.2. The lowest BCUT2D eigenvalue weighted by Gasteiger charge is -2.12. The van der Waals surface area contributed by atoms with Gasteiger partial charge in [0.15, 0.2) is 0 Å². The molecule has 1 heterocycles. The molecule has 0 bridgehead atoms. The fourth-order valence-corrected chi connectivity index (χ4v) is 1.42. The summed E-state index contributed by atoms with van der Waals surface area (Å²) < 4.78 is 5.62. The van der Waals surface area contributed by atoms with Crippen LogP contribution >= 0.6 is 11.6 Å². The first-order valence-corrected chi connectivity index (χ1v) is 5.32. The third-order valence-electron chi connectivity index (χ3n) is 2.05. The Morgan fingerprint density at radius 2 is 2.36 bits per heavy atom. The van der Waals surface area contributed by atoms with Crippen molar-refractivity contribution in [2.75, 3.05) is 0 Å². The van der Waals surface area contributed by atoms with Gasteiger partial charge < -0.3 is 4.74 Å². The van der Waals surface area contributed by atoms with E-state index in [1.807, 2.05) is 12.1 Å². The van der Waals surface area contributed by atoms with Crippen LogP contribution in [0.2, 0.25) is 5.15 Å². The molecule has 1 atom stereocenters. The van der Waals surface area contributed by atoms with Crippen molar-refractivity contribution in [2.45, 2.75) is 39.4 Å². The maximum Gasteiger partial charge on any atom is 0.134 e. The van der Waals surface area contributed by atoms with Crippen LogP contribution in [-0.4, -0.2) is 11.1 Å². The van der Waals surface area contributed by atoms with Crippen LogP contribution < -0.4 is 0 Å². The summed E-state index contributed by atoms with van der Waals surface area (Å²) >= 11 is 5.89. The predicted molar refractivity (Wildman–Crippen MR) is 58.4 cm³/mol. The van der Waals surface area contributed by atoms with Crippen LogP contribution in [-0.2, 0) is 11.3 Å². The van der Waals surface area contributed by atoms with Crippen LogP contribution in [0.25, 0.3) is 0 Å². The minimum atomic E-state index is 0.288. The Hall–Kier alpha value is -0.600. The van der Waals surface area contributed by atoms with Gasteiger partial charge in [-0.15, -0.1) is 0 Å². The second-order valence-electron chi connectivity index (χ2n) is 3.36. The summed E-state index contributed by atoms with van der Waals surface area (Å²) in [5, 5.41) is 0.538. The van der Waals surface area contributed by atoms with E-state index in [0.717, 1.165) is 18.4 Å². The van der Waals surface area contributed by atoms with Crippen molar-refractivity contribution in [1.82, 2.24) is 4.98 Å². The van der Waals surface area contributed by atoms with Gasteiger partial charge in [-0.05, 0) is 19.4 Å². The van der Waals surface area contributed by atoms with Crippen molar-refractivity contribution in [2.24, 2.45) is 0 Å². The fraction of sp³-hybridized carbons (Fsp3) is 0.545. The van der Waals surface area contributed by atoms with Crippen molar-refractivity contribution in [3.8, 4) is 0 Å². The molecule has 0 radical (unpaired) electrons. The molecule has 0 fully saturated rings. The second kappa shape index (κ2) is 5.99. The highest BCUT2D eigenvalue weighted by Gasteiger charge is 2.04. The van der Waals surface area contributed by atoms with Gasteiger partial charge in [-0.25, -0.2) is 4.98 Å². The van der Waals surface area contributed by atoms with E-state index in [1.165, 1.54) is 0 Å². The molecule has 14 heavy (non-hydrogen) atoms. The number of aromatic nitrogens is 1. The number of nitrogens with zero attached hydrogens (tertiary/aromatic N) is 1. The summed E-state index contributed by atoms with van der Waals surface area (Å²) in [5.74, 6) is 0. The number of ether oxygens (including phenoxy) is 1. The van der Waals surface area contributed by atoms with E-state index in [-0.39, 0.29) is 6.10 Å². The molecule has 0 N–H and O–H groups in total. The van der Waals surface area contributed by atoms with Gasteiger partial charge in [0.2, 0.25) is 0 Å². The zero-order chi connectivity index (χ0) is 10.4.